The van der Waals surface area contributed by atoms with E-state index in [9.17, 15) is 4.79 Å². The van der Waals surface area contributed by atoms with Gasteiger partial charge in [0, 0.05) is 32.8 Å². The fraction of sp³-hybridized carbons (Fsp3) is 0.143. The maximum atomic E-state index is 11.7. The Labute approximate surface area is 135 Å². The number of rotatable bonds is 5. The Hall–Kier alpha value is -1.04. The molecule has 1 aromatic heterocycles. The van der Waals surface area contributed by atoms with Gasteiger partial charge in [-0.15, -0.1) is 11.8 Å². The molecule has 0 aliphatic heterocycles. The molecular weight excluding hydrogens is 360 g/mol. The van der Waals surface area contributed by atoms with Crippen molar-refractivity contribution in [2.45, 2.75) is 11.3 Å². The number of nitrogens with one attached hydrogen (secondary N) is 1. The molecule has 0 unspecified atom stereocenters. The first-order chi connectivity index (χ1) is 9.63. The highest BCUT2D eigenvalue weighted by Gasteiger charge is 2.04. The first-order valence-electron chi connectivity index (χ1n) is 5.93. The Morgan fingerprint density at radius 1 is 1.25 bits per heavy atom. The van der Waals surface area contributed by atoms with Crippen molar-refractivity contribution in [1.82, 2.24) is 4.98 Å². The van der Waals surface area contributed by atoms with E-state index in [4.69, 9.17) is 11.6 Å². The van der Waals surface area contributed by atoms with E-state index in [2.05, 4.69) is 26.2 Å². The van der Waals surface area contributed by atoms with Gasteiger partial charge < -0.3 is 5.32 Å². The van der Waals surface area contributed by atoms with Gasteiger partial charge in [0.25, 0.3) is 0 Å². The molecule has 2 rings (SSSR count). The van der Waals surface area contributed by atoms with Crippen LogP contribution in [0.5, 0.6) is 0 Å². The van der Waals surface area contributed by atoms with Gasteiger partial charge in [0.05, 0.1) is 0 Å². The molecule has 6 heteroatoms. The second-order valence-electron chi connectivity index (χ2n) is 3.96. The molecule has 0 atom stereocenters. The summed E-state index contributed by atoms with van der Waals surface area (Å²) >= 11 is 10.7. The van der Waals surface area contributed by atoms with Crippen LogP contribution >= 0.6 is 39.3 Å². The summed E-state index contributed by atoms with van der Waals surface area (Å²) in [5.41, 5.74) is 0. The van der Waals surface area contributed by atoms with E-state index in [1.165, 1.54) is 0 Å². The molecule has 20 heavy (non-hydrogen) atoms. The molecule has 0 fully saturated rings. The van der Waals surface area contributed by atoms with Crippen LogP contribution in [0, 0.1) is 0 Å². The zero-order chi connectivity index (χ0) is 14.4. The Bertz CT molecular complexity index is 575. The maximum Gasteiger partial charge on any atom is 0.226 e. The summed E-state index contributed by atoms with van der Waals surface area (Å²) in [5.74, 6) is 1.24. The monoisotopic (exact) mass is 370 g/mol. The minimum absolute atomic E-state index is 0.0405. The lowest BCUT2D eigenvalue weighted by Gasteiger charge is -2.04. The number of nitrogens with zero attached hydrogens (tertiary/aromatic N) is 1. The molecule has 0 aliphatic carbocycles. The molecule has 0 aliphatic rings. The Morgan fingerprint density at radius 3 is 2.65 bits per heavy atom. The van der Waals surface area contributed by atoms with Crippen LogP contribution in [0.2, 0.25) is 5.02 Å². The third kappa shape index (κ3) is 5.15. The number of aromatic nitrogens is 1. The van der Waals surface area contributed by atoms with Gasteiger partial charge in [-0.2, -0.15) is 0 Å². The molecule has 104 valence electrons. The number of carbonyl (C=O) groups excluding carboxylic acids is 1. The van der Waals surface area contributed by atoms with Gasteiger partial charge in [-0.1, -0.05) is 11.6 Å². The number of anilines is 1. The fourth-order valence-corrected chi connectivity index (χ4v) is 2.66. The lowest BCUT2D eigenvalue weighted by Crippen LogP contribution is -2.13. The van der Waals surface area contributed by atoms with Crippen molar-refractivity contribution in [2.24, 2.45) is 0 Å². The van der Waals surface area contributed by atoms with Crippen molar-refractivity contribution >= 4 is 51.0 Å². The lowest BCUT2D eigenvalue weighted by atomic mass is 10.4. The van der Waals surface area contributed by atoms with Crippen molar-refractivity contribution in [3.05, 3.63) is 52.1 Å². The first-order valence-corrected chi connectivity index (χ1v) is 8.09. The van der Waals surface area contributed by atoms with E-state index in [-0.39, 0.29) is 5.91 Å². The quantitative estimate of drug-likeness (QED) is 0.780. The van der Waals surface area contributed by atoms with Crippen LogP contribution in [-0.4, -0.2) is 16.6 Å². The molecule has 0 spiro atoms. The predicted octanol–water partition coefficient (Wildman–Crippen LogP) is 4.62. The van der Waals surface area contributed by atoms with Gasteiger partial charge in [-0.05, 0) is 52.3 Å². The van der Waals surface area contributed by atoms with E-state index in [0.29, 0.717) is 23.0 Å². The average molecular weight is 372 g/mol. The zero-order valence-corrected chi connectivity index (χ0v) is 13.6. The molecule has 1 amide bonds. The summed E-state index contributed by atoms with van der Waals surface area (Å²) in [6, 6.07) is 11.2. The highest BCUT2D eigenvalue weighted by Crippen LogP contribution is 2.21. The third-order valence-corrected chi connectivity index (χ3v) is 4.14. The number of amides is 1. The van der Waals surface area contributed by atoms with Crippen LogP contribution in [-0.2, 0) is 4.79 Å². The van der Waals surface area contributed by atoms with Gasteiger partial charge in [-0.25, -0.2) is 4.98 Å². The van der Waals surface area contributed by atoms with Crippen LogP contribution in [0.3, 0.4) is 0 Å². The second kappa shape index (κ2) is 7.67. The van der Waals surface area contributed by atoms with Gasteiger partial charge >= 0.3 is 0 Å². The summed E-state index contributed by atoms with van der Waals surface area (Å²) in [6.45, 7) is 0. The van der Waals surface area contributed by atoms with Gasteiger partial charge in [0.1, 0.15) is 5.82 Å². The molecule has 0 bridgehead atoms. The van der Waals surface area contributed by atoms with E-state index in [0.717, 1.165) is 9.37 Å². The normalized spacial score (nSPS) is 10.3. The number of hydrogen-bond acceptors (Lipinski definition) is 3. The molecule has 0 saturated carbocycles. The zero-order valence-electron chi connectivity index (χ0n) is 10.5. The second-order valence-corrected chi connectivity index (χ2v) is 6.48. The standard InChI is InChI=1S/C14H12BrClN2OS/c15-10-1-6-13(17-9-10)18-14(19)7-8-20-12-4-2-11(16)3-5-12/h1-6,9H,7-8H2,(H,17,18,19). The van der Waals surface area contributed by atoms with Crippen molar-refractivity contribution in [3.8, 4) is 0 Å². The summed E-state index contributed by atoms with van der Waals surface area (Å²) in [7, 11) is 0. The largest absolute Gasteiger partial charge is 0.311 e. The maximum absolute atomic E-state index is 11.7. The van der Waals surface area contributed by atoms with E-state index in [1.807, 2.05) is 30.3 Å². The minimum atomic E-state index is -0.0405. The van der Waals surface area contributed by atoms with Crippen LogP contribution in [0.4, 0.5) is 5.82 Å². The van der Waals surface area contributed by atoms with Gasteiger partial charge in [0.15, 0.2) is 0 Å². The van der Waals surface area contributed by atoms with E-state index < -0.39 is 0 Å². The molecule has 0 saturated heterocycles. The first kappa shape index (κ1) is 15.4. The van der Waals surface area contributed by atoms with Crippen molar-refractivity contribution < 1.29 is 4.79 Å². The van der Waals surface area contributed by atoms with Crippen molar-refractivity contribution in [3.63, 3.8) is 0 Å². The summed E-state index contributed by atoms with van der Waals surface area (Å²) in [6.07, 6.45) is 2.09. The number of benzene rings is 1. The summed E-state index contributed by atoms with van der Waals surface area (Å²) in [5, 5.41) is 3.48. The smallest absolute Gasteiger partial charge is 0.226 e. The number of halogens is 2. The minimum Gasteiger partial charge on any atom is -0.311 e. The number of carbonyl (C=O) groups is 1. The summed E-state index contributed by atoms with van der Waals surface area (Å²) < 4.78 is 0.883. The van der Waals surface area contributed by atoms with Crippen LogP contribution in [0.25, 0.3) is 0 Å². The topological polar surface area (TPSA) is 42.0 Å². The third-order valence-electron chi connectivity index (χ3n) is 2.41. The van der Waals surface area contributed by atoms with Crippen molar-refractivity contribution in [2.75, 3.05) is 11.1 Å². The lowest BCUT2D eigenvalue weighted by molar-refractivity contribution is -0.115. The Morgan fingerprint density at radius 2 is 2.00 bits per heavy atom. The number of pyridine rings is 1. The number of thioether (sulfide) groups is 1. The fourth-order valence-electron chi connectivity index (χ4n) is 1.45. The molecule has 0 radical (unpaired) electrons. The van der Waals surface area contributed by atoms with Gasteiger partial charge in [0.2, 0.25) is 5.91 Å². The molecule has 1 heterocycles. The van der Waals surface area contributed by atoms with Crippen molar-refractivity contribution in [1.29, 1.82) is 0 Å². The summed E-state index contributed by atoms with van der Waals surface area (Å²) in [4.78, 5) is 16.9. The van der Waals surface area contributed by atoms with Crippen LogP contribution in [0.1, 0.15) is 6.42 Å². The Kier molecular flexibility index (Phi) is 5.88. The molecule has 3 nitrogen and oxygen atoms in total. The highest BCUT2D eigenvalue weighted by atomic mass is 79.9. The van der Waals surface area contributed by atoms with Crippen LogP contribution in [0.15, 0.2) is 52.0 Å². The number of hydrogen-bond donors (Lipinski definition) is 1. The van der Waals surface area contributed by atoms with Gasteiger partial charge in [-0.3, -0.25) is 4.79 Å². The predicted molar refractivity (Wildman–Crippen MR) is 87.4 cm³/mol. The molecule has 1 N–H and O–H groups in total. The molecule has 2 aromatic rings. The van der Waals surface area contributed by atoms with E-state index >= 15 is 0 Å². The molecule has 1 aromatic carbocycles. The SMILES string of the molecule is O=C(CCSc1ccc(Cl)cc1)Nc1ccc(Br)cn1. The Balaban J connectivity index is 1.75. The highest BCUT2D eigenvalue weighted by molar-refractivity contribution is 9.10. The average Bonchev–Trinajstić information content (AvgIpc) is 2.44. The van der Waals surface area contributed by atoms with E-state index in [1.54, 1.807) is 24.0 Å². The van der Waals surface area contributed by atoms with Crippen LogP contribution < -0.4 is 5.32 Å². The molecular formula is C14H12BrClN2OS.